The van der Waals surface area contributed by atoms with Crippen LogP contribution in [0.5, 0.6) is 0 Å². The maximum atomic E-state index is 11.4. The smallest absolute Gasteiger partial charge is 0.221 e. The van der Waals surface area contributed by atoms with Gasteiger partial charge in [0.1, 0.15) is 6.10 Å². The van der Waals surface area contributed by atoms with Gasteiger partial charge in [-0.1, -0.05) is 13.8 Å². The van der Waals surface area contributed by atoms with Crippen molar-refractivity contribution in [2.75, 3.05) is 19.6 Å². The van der Waals surface area contributed by atoms with Gasteiger partial charge in [-0.05, 0) is 24.8 Å². The summed E-state index contributed by atoms with van der Waals surface area (Å²) >= 11 is 0. The fourth-order valence-electron chi connectivity index (χ4n) is 1.61. The molecule has 4 nitrogen and oxygen atoms in total. The molecule has 98 valence electrons. The van der Waals surface area contributed by atoms with Gasteiger partial charge in [0.25, 0.3) is 0 Å². The maximum absolute atomic E-state index is 11.4. The Morgan fingerprint density at radius 2 is 2.35 bits per heavy atom. The summed E-state index contributed by atoms with van der Waals surface area (Å²) in [7, 11) is 0. The standard InChI is InChI=1S/C13H24N2O2/c1-11(2)9-15-13(16)6-7-14-10-12-5-3-4-8-17-12/h4,8,11-12,14H,3,5-7,9-10H2,1-2H3,(H,15,16). The lowest BCUT2D eigenvalue weighted by atomic mass is 10.1. The van der Waals surface area contributed by atoms with E-state index >= 15 is 0 Å². The van der Waals surface area contributed by atoms with E-state index in [9.17, 15) is 4.79 Å². The Hall–Kier alpha value is -1.03. The van der Waals surface area contributed by atoms with E-state index in [4.69, 9.17) is 4.74 Å². The number of hydrogen-bond donors (Lipinski definition) is 2. The van der Waals surface area contributed by atoms with Crippen LogP contribution >= 0.6 is 0 Å². The van der Waals surface area contributed by atoms with Crippen LogP contribution in [0.4, 0.5) is 0 Å². The predicted molar refractivity (Wildman–Crippen MR) is 68.6 cm³/mol. The van der Waals surface area contributed by atoms with Crippen molar-refractivity contribution in [2.24, 2.45) is 5.92 Å². The summed E-state index contributed by atoms with van der Waals surface area (Å²) in [5, 5.41) is 6.15. The molecule has 1 aliphatic heterocycles. The molecule has 0 spiro atoms. The molecule has 1 rings (SSSR count). The Kier molecular flexibility index (Phi) is 6.70. The van der Waals surface area contributed by atoms with E-state index in [1.54, 1.807) is 6.26 Å². The van der Waals surface area contributed by atoms with Gasteiger partial charge in [0, 0.05) is 26.1 Å². The highest BCUT2D eigenvalue weighted by atomic mass is 16.5. The third-order valence-electron chi connectivity index (χ3n) is 2.63. The monoisotopic (exact) mass is 240 g/mol. The summed E-state index contributed by atoms with van der Waals surface area (Å²) in [4.78, 5) is 11.4. The predicted octanol–water partition coefficient (Wildman–Crippen LogP) is 1.43. The quantitative estimate of drug-likeness (QED) is 0.662. The normalized spacial score (nSPS) is 19.1. The average Bonchev–Trinajstić information content (AvgIpc) is 2.33. The first-order valence-corrected chi connectivity index (χ1v) is 6.46. The van der Waals surface area contributed by atoms with E-state index in [0.29, 0.717) is 18.9 Å². The van der Waals surface area contributed by atoms with Gasteiger partial charge in [-0.2, -0.15) is 0 Å². The van der Waals surface area contributed by atoms with Crippen molar-refractivity contribution in [3.8, 4) is 0 Å². The third kappa shape index (κ3) is 7.00. The molecule has 0 radical (unpaired) electrons. The lowest BCUT2D eigenvalue weighted by Crippen LogP contribution is -2.33. The van der Waals surface area contributed by atoms with E-state index in [0.717, 1.165) is 25.9 Å². The van der Waals surface area contributed by atoms with Crippen LogP contribution in [0.15, 0.2) is 12.3 Å². The first-order valence-electron chi connectivity index (χ1n) is 6.46. The molecule has 1 aliphatic rings. The van der Waals surface area contributed by atoms with Crippen molar-refractivity contribution in [1.29, 1.82) is 0 Å². The van der Waals surface area contributed by atoms with Gasteiger partial charge >= 0.3 is 0 Å². The summed E-state index contributed by atoms with van der Waals surface area (Å²) in [6, 6.07) is 0. The van der Waals surface area contributed by atoms with Crippen molar-refractivity contribution in [1.82, 2.24) is 10.6 Å². The van der Waals surface area contributed by atoms with Crippen molar-refractivity contribution >= 4 is 5.91 Å². The lowest BCUT2D eigenvalue weighted by Gasteiger charge is -2.19. The van der Waals surface area contributed by atoms with Gasteiger partial charge in [-0.3, -0.25) is 4.79 Å². The Bertz CT molecular complexity index is 252. The molecule has 0 aromatic rings. The van der Waals surface area contributed by atoms with Gasteiger partial charge in [-0.25, -0.2) is 0 Å². The van der Waals surface area contributed by atoms with Crippen molar-refractivity contribution in [3.63, 3.8) is 0 Å². The Labute approximate surface area is 104 Å². The van der Waals surface area contributed by atoms with Crippen LogP contribution in [0, 0.1) is 5.92 Å². The van der Waals surface area contributed by atoms with E-state index in [1.165, 1.54) is 0 Å². The molecule has 1 amide bonds. The lowest BCUT2D eigenvalue weighted by molar-refractivity contribution is -0.121. The van der Waals surface area contributed by atoms with Crippen molar-refractivity contribution < 1.29 is 9.53 Å². The van der Waals surface area contributed by atoms with Gasteiger partial charge in [0.2, 0.25) is 5.91 Å². The highest BCUT2D eigenvalue weighted by Crippen LogP contribution is 2.08. The molecule has 0 aliphatic carbocycles. The summed E-state index contributed by atoms with van der Waals surface area (Å²) in [6.45, 7) is 6.48. The molecule has 0 aromatic heterocycles. The number of nitrogens with one attached hydrogen (secondary N) is 2. The topological polar surface area (TPSA) is 50.4 Å². The van der Waals surface area contributed by atoms with Crippen molar-refractivity contribution in [3.05, 3.63) is 12.3 Å². The molecule has 1 atom stereocenters. The molecule has 17 heavy (non-hydrogen) atoms. The molecular formula is C13H24N2O2. The second-order valence-corrected chi connectivity index (χ2v) is 4.86. The molecule has 0 fully saturated rings. The van der Waals surface area contributed by atoms with Gasteiger partial charge in [0.05, 0.1) is 6.26 Å². The minimum absolute atomic E-state index is 0.121. The molecule has 4 heteroatoms. The Morgan fingerprint density at radius 1 is 1.53 bits per heavy atom. The van der Waals surface area contributed by atoms with Crippen LogP contribution in [0.3, 0.4) is 0 Å². The van der Waals surface area contributed by atoms with Crippen LogP contribution in [0.2, 0.25) is 0 Å². The molecule has 1 unspecified atom stereocenters. The maximum Gasteiger partial charge on any atom is 0.221 e. The molecule has 0 saturated carbocycles. The molecule has 0 saturated heterocycles. The first kappa shape index (κ1) is 14.0. The Balaban J connectivity index is 1.96. The summed E-state index contributed by atoms with van der Waals surface area (Å²) in [6.07, 6.45) is 6.75. The number of amides is 1. The van der Waals surface area contributed by atoms with E-state index in [-0.39, 0.29) is 12.0 Å². The zero-order valence-corrected chi connectivity index (χ0v) is 10.9. The van der Waals surface area contributed by atoms with Crippen LogP contribution < -0.4 is 10.6 Å². The number of hydrogen-bond acceptors (Lipinski definition) is 3. The number of ether oxygens (including phenoxy) is 1. The van der Waals surface area contributed by atoms with Gasteiger partial charge in [0.15, 0.2) is 0 Å². The number of allylic oxidation sites excluding steroid dienone is 1. The van der Waals surface area contributed by atoms with Crippen LogP contribution in [-0.2, 0) is 9.53 Å². The van der Waals surface area contributed by atoms with Gasteiger partial charge in [-0.15, -0.1) is 0 Å². The summed E-state index contributed by atoms with van der Waals surface area (Å²) in [5.41, 5.74) is 0. The van der Waals surface area contributed by atoms with Crippen molar-refractivity contribution in [2.45, 2.75) is 39.2 Å². The number of rotatable bonds is 7. The Morgan fingerprint density at radius 3 is 3.00 bits per heavy atom. The molecule has 1 heterocycles. The third-order valence-corrected chi connectivity index (χ3v) is 2.63. The fraction of sp³-hybridized carbons (Fsp3) is 0.769. The number of carbonyl (C=O) groups excluding carboxylic acids is 1. The molecule has 0 aromatic carbocycles. The molecule has 2 N–H and O–H groups in total. The van der Waals surface area contributed by atoms with E-state index in [1.807, 2.05) is 6.08 Å². The van der Waals surface area contributed by atoms with Gasteiger partial charge < -0.3 is 15.4 Å². The van der Waals surface area contributed by atoms with Crippen LogP contribution in [0.1, 0.15) is 33.1 Å². The second-order valence-electron chi connectivity index (χ2n) is 4.86. The summed E-state index contributed by atoms with van der Waals surface area (Å²) in [5.74, 6) is 0.630. The zero-order valence-electron chi connectivity index (χ0n) is 10.9. The average molecular weight is 240 g/mol. The zero-order chi connectivity index (χ0) is 12.5. The van der Waals surface area contributed by atoms with Crippen LogP contribution in [-0.4, -0.2) is 31.6 Å². The first-order chi connectivity index (χ1) is 8.18. The largest absolute Gasteiger partial charge is 0.497 e. The SMILES string of the molecule is CC(C)CNC(=O)CCNCC1CCC=CO1. The number of carbonyl (C=O) groups is 1. The fourth-order valence-corrected chi connectivity index (χ4v) is 1.61. The van der Waals surface area contributed by atoms with Crippen LogP contribution in [0.25, 0.3) is 0 Å². The van der Waals surface area contributed by atoms with E-state index < -0.39 is 0 Å². The molecular weight excluding hydrogens is 216 g/mol. The highest BCUT2D eigenvalue weighted by Gasteiger charge is 2.10. The molecule has 0 bridgehead atoms. The minimum Gasteiger partial charge on any atom is -0.497 e. The van der Waals surface area contributed by atoms with E-state index in [2.05, 4.69) is 24.5 Å². The minimum atomic E-state index is 0.121. The summed E-state index contributed by atoms with van der Waals surface area (Å²) < 4.78 is 5.42. The second kappa shape index (κ2) is 8.12. The highest BCUT2D eigenvalue weighted by molar-refractivity contribution is 5.76.